The van der Waals surface area contributed by atoms with Crippen molar-refractivity contribution in [3.05, 3.63) is 89.0 Å². The number of rotatable bonds is 4. The summed E-state index contributed by atoms with van der Waals surface area (Å²) >= 11 is 0. The smallest absolute Gasteiger partial charge is 0.344 e. The molecule has 0 atom stereocenters. The second-order valence-electron chi connectivity index (χ2n) is 9.43. The number of hydrogen-bond donors (Lipinski definition) is 0. The largest absolute Gasteiger partial charge is 0.497 e. The molecule has 4 heteroatoms. The van der Waals surface area contributed by atoms with Crippen LogP contribution < -0.4 is 9.47 Å². The van der Waals surface area contributed by atoms with Gasteiger partial charge < -0.3 is 9.47 Å². The van der Waals surface area contributed by atoms with Gasteiger partial charge in [0, 0.05) is 10.9 Å². The quantitative estimate of drug-likeness (QED) is 0.253. The standard InChI is InChI=1S/C29H29NO3/c1-18-14-19(2)27-24(15-18)25(17-26(30-27)20-8-7-9-23(16-20)32-6)28(31)33-22-12-10-21(11-13-22)29(3,4)5/h7-17H,1-6H3. The fraction of sp³-hybridized carbons (Fsp3) is 0.241. The van der Waals surface area contributed by atoms with E-state index in [2.05, 4.69) is 26.8 Å². The van der Waals surface area contributed by atoms with E-state index >= 15 is 0 Å². The van der Waals surface area contributed by atoms with E-state index in [1.807, 2.05) is 74.5 Å². The first kappa shape index (κ1) is 22.5. The lowest BCUT2D eigenvalue weighted by Crippen LogP contribution is -2.12. The predicted molar refractivity (Wildman–Crippen MR) is 133 cm³/mol. The van der Waals surface area contributed by atoms with Crippen LogP contribution in [0.4, 0.5) is 0 Å². The molecule has 0 spiro atoms. The molecule has 0 aliphatic rings. The molecule has 0 fully saturated rings. The molecule has 4 aromatic rings. The molecular formula is C29H29NO3. The van der Waals surface area contributed by atoms with E-state index in [4.69, 9.17) is 14.5 Å². The predicted octanol–water partition coefficient (Wildman–Crippen LogP) is 7.04. The zero-order chi connectivity index (χ0) is 23.8. The molecule has 0 amide bonds. The van der Waals surface area contributed by atoms with E-state index in [1.165, 1.54) is 5.56 Å². The molecule has 0 N–H and O–H groups in total. The number of esters is 1. The van der Waals surface area contributed by atoms with Gasteiger partial charge in [-0.25, -0.2) is 9.78 Å². The van der Waals surface area contributed by atoms with Crippen LogP contribution in [0.15, 0.2) is 66.7 Å². The summed E-state index contributed by atoms with van der Waals surface area (Å²) in [5, 5.41) is 0.787. The zero-order valence-electron chi connectivity index (χ0n) is 20.0. The Morgan fingerprint density at radius 2 is 1.61 bits per heavy atom. The molecule has 33 heavy (non-hydrogen) atoms. The van der Waals surface area contributed by atoms with Gasteiger partial charge in [0.25, 0.3) is 0 Å². The third-order valence-electron chi connectivity index (χ3n) is 5.76. The van der Waals surface area contributed by atoms with Crippen molar-refractivity contribution in [2.45, 2.75) is 40.0 Å². The Balaban J connectivity index is 1.80. The lowest BCUT2D eigenvalue weighted by atomic mass is 9.87. The Bertz CT molecular complexity index is 1330. The Kier molecular flexibility index (Phi) is 5.94. The van der Waals surface area contributed by atoms with Crippen LogP contribution in [0.1, 0.15) is 47.8 Å². The van der Waals surface area contributed by atoms with Crippen molar-refractivity contribution < 1.29 is 14.3 Å². The summed E-state index contributed by atoms with van der Waals surface area (Å²) in [6, 6.07) is 21.2. The van der Waals surface area contributed by atoms with Crippen LogP contribution in [0.25, 0.3) is 22.2 Å². The minimum Gasteiger partial charge on any atom is -0.497 e. The average molecular weight is 440 g/mol. The van der Waals surface area contributed by atoms with Crippen LogP contribution in [0.5, 0.6) is 11.5 Å². The summed E-state index contributed by atoms with van der Waals surface area (Å²) in [4.78, 5) is 18.3. The number of ether oxygens (including phenoxy) is 2. The summed E-state index contributed by atoms with van der Waals surface area (Å²) in [6.07, 6.45) is 0. The topological polar surface area (TPSA) is 48.4 Å². The van der Waals surface area contributed by atoms with E-state index in [0.29, 0.717) is 17.0 Å². The molecule has 0 radical (unpaired) electrons. The molecular weight excluding hydrogens is 410 g/mol. The first-order chi connectivity index (χ1) is 15.7. The second-order valence-corrected chi connectivity index (χ2v) is 9.43. The van der Waals surface area contributed by atoms with E-state index in [0.717, 1.165) is 33.3 Å². The first-order valence-electron chi connectivity index (χ1n) is 11.0. The minimum absolute atomic E-state index is 0.0323. The van der Waals surface area contributed by atoms with Gasteiger partial charge in [0.1, 0.15) is 11.5 Å². The number of nitrogens with zero attached hydrogens (tertiary/aromatic N) is 1. The normalized spacial score (nSPS) is 11.5. The molecule has 168 valence electrons. The minimum atomic E-state index is -0.403. The van der Waals surface area contributed by atoms with Crippen molar-refractivity contribution in [3.63, 3.8) is 0 Å². The monoisotopic (exact) mass is 439 g/mol. The number of methoxy groups -OCH3 is 1. The number of carbonyl (C=O) groups excluding carboxylic acids is 1. The number of carbonyl (C=O) groups is 1. The van der Waals surface area contributed by atoms with Crippen LogP contribution in [0.2, 0.25) is 0 Å². The fourth-order valence-electron chi connectivity index (χ4n) is 3.97. The summed E-state index contributed by atoms with van der Waals surface area (Å²) in [5.41, 5.74) is 6.15. The maximum Gasteiger partial charge on any atom is 0.344 e. The molecule has 4 nitrogen and oxygen atoms in total. The SMILES string of the molecule is COc1cccc(-c2cc(C(=O)Oc3ccc(C(C)(C)C)cc3)c3cc(C)cc(C)c3n2)c1. The molecule has 1 heterocycles. The van der Waals surface area contributed by atoms with Gasteiger partial charge in [0.05, 0.1) is 23.9 Å². The highest BCUT2D eigenvalue weighted by Gasteiger charge is 2.19. The third kappa shape index (κ3) is 4.75. The maximum atomic E-state index is 13.4. The molecule has 0 aliphatic heterocycles. The van der Waals surface area contributed by atoms with Crippen LogP contribution in [-0.2, 0) is 5.41 Å². The summed E-state index contributed by atoms with van der Waals surface area (Å²) < 4.78 is 11.2. The van der Waals surface area contributed by atoms with Crippen LogP contribution in [0.3, 0.4) is 0 Å². The molecule has 0 aliphatic carbocycles. The van der Waals surface area contributed by atoms with E-state index in [1.54, 1.807) is 7.11 Å². The lowest BCUT2D eigenvalue weighted by Gasteiger charge is -2.19. The average Bonchev–Trinajstić information content (AvgIpc) is 2.78. The van der Waals surface area contributed by atoms with Gasteiger partial charge >= 0.3 is 5.97 Å². The van der Waals surface area contributed by atoms with Gasteiger partial charge in [-0.2, -0.15) is 0 Å². The molecule has 0 bridgehead atoms. The first-order valence-corrected chi connectivity index (χ1v) is 11.0. The Morgan fingerprint density at radius 1 is 0.879 bits per heavy atom. The molecule has 4 rings (SSSR count). The van der Waals surface area contributed by atoms with Crippen molar-refractivity contribution in [2.24, 2.45) is 0 Å². The number of hydrogen-bond acceptors (Lipinski definition) is 4. The maximum absolute atomic E-state index is 13.4. The number of aryl methyl sites for hydroxylation is 2. The Hall–Kier alpha value is -3.66. The summed E-state index contributed by atoms with van der Waals surface area (Å²) in [7, 11) is 1.63. The number of benzene rings is 3. The van der Waals surface area contributed by atoms with Crippen LogP contribution >= 0.6 is 0 Å². The van der Waals surface area contributed by atoms with Gasteiger partial charge in [-0.05, 0) is 66.8 Å². The van der Waals surface area contributed by atoms with Gasteiger partial charge in [0.2, 0.25) is 0 Å². The highest BCUT2D eigenvalue weighted by Crippen LogP contribution is 2.31. The van der Waals surface area contributed by atoms with Crippen molar-refractivity contribution in [1.82, 2.24) is 4.98 Å². The lowest BCUT2D eigenvalue weighted by molar-refractivity contribution is 0.0737. The van der Waals surface area contributed by atoms with Gasteiger partial charge in [-0.3, -0.25) is 0 Å². The van der Waals surface area contributed by atoms with E-state index in [9.17, 15) is 4.79 Å². The second kappa shape index (κ2) is 8.70. The van der Waals surface area contributed by atoms with Gasteiger partial charge in [0.15, 0.2) is 0 Å². The Morgan fingerprint density at radius 3 is 2.27 bits per heavy atom. The number of aromatic nitrogens is 1. The third-order valence-corrected chi connectivity index (χ3v) is 5.76. The Labute approximate surface area is 195 Å². The van der Waals surface area contributed by atoms with Gasteiger partial charge in [-0.15, -0.1) is 0 Å². The molecule has 0 saturated carbocycles. The van der Waals surface area contributed by atoms with Crippen molar-refractivity contribution in [3.8, 4) is 22.8 Å². The van der Waals surface area contributed by atoms with E-state index < -0.39 is 5.97 Å². The summed E-state index contributed by atoms with van der Waals surface area (Å²) in [6.45, 7) is 10.5. The van der Waals surface area contributed by atoms with Crippen molar-refractivity contribution in [2.75, 3.05) is 7.11 Å². The fourth-order valence-corrected chi connectivity index (χ4v) is 3.97. The van der Waals surface area contributed by atoms with E-state index in [-0.39, 0.29) is 5.41 Å². The van der Waals surface area contributed by atoms with Crippen LogP contribution in [0, 0.1) is 13.8 Å². The molecule has 0 unspecified atom stereocenters. The molecule has 0 saturated heterocycles. The van der Waals surface area contributed by atoms with Crippen LogP contribution in [-0.4, -0.2) is 18.1 Å². The number of pyridine rings is 1. The van der Waals surface area contributed by atoms with Crippen molar-refractivity contribution >= 4 is 16.9 Å². The highest BCUT2D eigenvalue weighted by atomic mass is 16.5. The molecule has 3 aromatic carbocycles. The zero-order valence-corrected chi connectivity index (χ0v) is 20.0. The molecule has 1 aromatic heterocycles. The summed E-state index contributed by atoms with van der Waals surface area (Å²) in [5.74, 6) is 0.850. The number of fused-ring (bicyclic) bond motifs is 1. The van der Waals surface area contributed by atoms with Gasteiger partial charge in [-0.1, -0.05) is 56.7 Å². The van der Waals surface area contributed by atoms with Crippen molar-refractivity contribution in [1.29, 1.82) is 0 Å². The highest BCUT2D eigenvalue weighted by molar-refractivity contribution is 6.06.